The first-order valence-electron chi connectivity index (χ1n) is 9.71. The van der Waals surface area contributed by atoms with E-state index in [0.717, 1.165) is 5.56 Å². The van der Waals surface area contributed by atoms with Crippen LogP contribution in [0, 0.1) is 0 Å². The van der Waals surface area contributed by atoms with Gasteiger partial charge >= 0.3 is 0 Å². The van der Waals surface area contributed by atoms with Crippen LogP contribution in [0.2, 0.25) is 10.0 Å². The fourth-order valence-corrected chi connectivity index (χ4v) is 3.32. The number of carbonyl (C=O) groups excluding carboxylic acids is 3. The minimum atomic E-state index is -0.891. The van der Waals surface area contributed by atoms with Crippen LogP contribution in [0.5, 0.6) is 0 Å². The maximum atomic E-state index is 13.1. The predicted octanol–water partition coefficient (Wildman–Crippen LogP) is 4.02. The smallest absolute Gasteiger partial charge is 0.287 e. The summed E-state index contributed by atoms with van der Waals surface area (Å²) >= 11 is 11.9. The number of carbonyl (C=O) groups is 3. The van der Waals surface area contributed by atoms with Gasteiger partial charge in [-0.05, 0) is 35.9 Å². The van der Waals surface area contributed by atoms with E-state index in [1.807, 2.05) is 30.3 Å². The molecule has 0 spiro atoms. The van der Waals surface area contributed by atoms with E-state index in [-0.39, 0.29) is 18.7 Å². The highest BCUT2D eigenvalue weighted by atomic mass is 35.5. The number of likely N-dealkylation sites (N-methyl/N-ethyl adjacent to an activating group) is 1. The number of amides is 3. The topological polar surface area (TPSA) is 91.7 Å². The number of rotatable bonds is 8. The maximum Gasteiger partial charge on any atom is 0.287 e. The molecule has 0 aliphatic heterocycles. The summed E-state index contributed by atoms with van der Waals surface area (Å²) in [7, 11) is 1.49. The molecule has 0 unspecified atom stereocenters. The molecule has 7 nitrogen and oxygen atoms in total. The molecule has 0 bridgehead atoms. The van der Waals surface area contributed by atoms with Crippen LogP contribution in [0.1, 0.15) is 16.1 Å². The van der Waals surface area contributed by atoms with Gasteiger partial charge in [0, 0.05) is 19.2 Å². The van der Waals surface area contributed by atoms with Crippen molar-refractivity contribution in [2.45, 2.75) is 12.5 Å². The van der Waals surface area contributed by atoms with Gasteiger partial charge in [0.05, 0.1) is 22.9 Å². The third-order valence-electron chi connectivity index (χ3n) is 4.59. The summed E-state index contributed by atoms with van der Waals surface area (Å²) in [6, 6.07) is 16.2. The molecule has 0 aliphatic rings. The van der Waals surface area contributed by atoms with Crippen molar-refractivity contribution in [3.63, 3.8) is 0 Å². The highest BCUT2D eigenvalue weighted by molar-refractivity contribution is 6.42. The molecule has 0 aliphatic carbocycles. The van der Waals surface area contributed by atoms with E-state index < -0.39 is 23.8 Å². The molecule has 1 atom stereocenters. The Balaban J connectivity index is 1.68. The second kappa shape index (κ2) is 10.8. The lowest BCUT2D eigenvalue weighted by Gasteiger charge is -2.24. The molecule has 1 aromatic heterocycles. The van der Waals surface area contributed by atoms with Crippen molar-refractivity contribution in [3.05, 3.63) is 88.3 Å². The Morgan fingerprint density at radius 2 is 1.75 bits per heavy atom. The molecule has 1 heterocycles. The van der Waals surface area contributed by atoms with Crippen LogP contribution in [-0.2, 0) is 16.0 Å². The van der Waals surface area contributed by atoms with Gasteiger partial charge in [0.25, 0.3) is 5.91 Å². The second-order valence-corrected chi connectivity index (χ2v) is 7.88. The van der Waals surface area contributed by atoms with Crippen LogP contribution in [-0.4, -0.2) is 42.3 Å². The monoisotopic (exact) mass is 473 g/mol. The van der Waals surface area contributed by atoms with Crippen molar-refractivity contribution in [1.82, 2.24) is 10.2 Å². The molecule has 32 heavy (non-hydrogen) atoms. The lowest BCUT2D eigenvalue weighted by molar-refractivity contribution is -0.135. The van der Waals surface area contributed by atoms with Gasteiger partial charge < -0.3 is 20.0 Å². The summed E-state index contributed by atoms with van der Waals surface area (Å²) in [5.41, 5.74) is 1.32. The molecule has 3 rings (SSSR count). The second-order valence-electron chi connectivity index (χ2n) is 7.06. The highest BCUT2D eigenvalue weighted by Crippen LogP contribution is 2.25. The lowest BCUT2D eigenvalue weighted by Crippen LogP contribution is -2.50. The molecule has 3 amide bonds. The van der Waals surface area contributed by atoms with E-state index in [1.54, 1.807) is 18.2 Å². The van der Waals surface area contributed by atoms with Gasteiger partial charge in [-0.1, -0.05) is 53.5 Å². The lowest BCUT2D eigenvalue weighted by atomic mass is 10.0. The first-order chi connectivity index (χ1) is 15.3. The summed E-state index contributed by atoms with van der Waals surface area (Å²) in [6.07, 6.45) is 1.63. The average Bonchev–Trinajstić information content (AvgIpc) is 3.31. The largest absolute Gasteiger partial charge is 0.459 e. The van der Waals surface area contributed by atoms with E-state index in [4.69, 9.17) is 27.6 Å². The van der Waals surface area contributed by atoms with E-state index in [2.05, 4.69) is 10.6 Å². The van der Waals surface area contributed by atoms with Crippen LogP contribution in [0.25, 0.3) is 0 Å². The van der Waals surface area contributed by atoms with Gasteiger partial charge in [0.2, 0.25) is 11.8 Å². The zero-order valence-electron chi connectivity index (χ0n) is 17.2. The molecule has 0 radical (unpaired) electrons. The summed E-state index contributed by atoms with van der Waals surface area (Å²) in [4.78, 5) is 39.3. The van der Waals surface area contributed by atoms with Gasteiger partial charge in [0.1, 0.15) is 6.04 Å². The zero-order chi connectivity index (χ0) is 23.1. The third-order valence-corrected chi connectivity index (χ3v) is 5.33. The number of nitrogens with one attached hydrogen (secondary N) is 2. The Bertz CT molecular complexity index is 1090. The van der Waals surface area contributed by atoms with E-state index in [0.29, 0.717) is 15.7 Å². The minimum Gasteiger partial charge on any atom is -0.459 e. The molecular weight excluding hydrogens is 453 g/mol. The van der Waals surface area contributed by atoms with Gasteiger partial charge in [-0.2, -0.15) is 0 Å². The molecule has 0 saturated carbocycles. The van der Waals surface area contributed by atoms with Crippen molar-refractivity contribution < 1.29 is 18.8 Å². The van der Waals surface area contributed by atoms with Gasteiger partial charge in [0.15, 0.2) is 5.76 Å². The number of benzene rings is 2. The van der Waals surface area contributed by atoms with Crippen LogP contribution >= 0.6 is 23.2 Å². The van der Waals surface area contributed by atoms with Crippen molar-refractivity contribution in [2.24, 2.45) is 0 Å². The van der Waals surface area contributed by atoms with E-state index in [1.165, 1.54) is 30.3 Å². The fraction of sp³-hybridized carbons (Fsp3) is 0.174. The Morgan fingerprint density at radius 3 is 2.41 bits per heavy atom. The van der Waals surface area contributed by atoms with Crippen molar-refractivity contribution >= 4 is 46.6 Å². The Hall–Kier alpha value is -3.29. The van der Waals surface area contributed by atoms with Crippen LogP contribution in [0.3, 0.4) is 0 Å². The molecular formula is C23H21Cl2N3O4. The van der Waals surface area contributed by atoms with Crippen molar-refractivity contribution in [3.8, 4) is 0 Å². The standard InChI is InChI=1S/C23H21Cl2N3O4/c1-28(14-21(29)26-16-9-10-17(24)18(25)13-16)23(31)19(12-15-6-3-2-4-7-15)27-22(30)20-8-5-11-32-20/h2-11,13,19H,12,14H2,1H3,(H,26,29)(H,27,30)/t19-/m0/s1. The van der Waals surface area contributed by atoms with Crippen LogP contribution < -0.4 is 10.6 Å². The predicted molar refractivity (Wildman–Crippen MR) is 123 cm³/mol. The number of hydrogen-bond acceptors (Lipinski definition) is 4. The summed E-state index contributed by atoms with van der Waals surface area (Å²) in [5, 5.41) is 6.04. The quantitative estimate of drug-likeness (QED) is 0.516. The van der Waals surface area contributed by atoms with Crippen LogP contribution in [0.15, 0.2) is 71.3 Å². The first-order valence-corrected chi connectivity index (χ1v) is 10.5. The molecule has 0 fully saturated rings. The minimum absolute atomic E-state index is 0.0934. The number of hydrogen-bond donors (Lipinski definition) is 2. The van der Waals surface area contributed by atoms with E-state index >= 15 is 0 Å². The average molecular weight is 474 g/mol. The van der Waals surface area contributed by atoms with Gasteiger partial charge in [-0.15, -0.1) is 0 Å². The Morgan fingerprint density at radius 1 is 1.00 bits per heavy atom. The normalized spacial score (nSPS) is 11.5. The number of halogens is 2. The number of nitrogens with zero attached hydrogens (tertiary/aromatic N) is 1. The first kappa shape index (κ1) is 23.4. The fourth-order valence-electron chi connectivity index (χ4n) is 3.02. The molecule has 3 aromatic rings. The maximum absolute atomic E-state index is 13.1. The van der Waals surface area contributed by atoms with Crippen molar-refractivity contribution in [2.75, 3.05) is 18.9 Å². The molecule has 0 saturated heterocycles. The SMILES string of the molecule is CN(CC(=O)Nc1ccc(Cl)c(Cl)c1)C(=O)[C@H](Cc1ccccc1)NC(=O)c1ccco1. The summed E-state index contributed by atoms with van der Waals surface area (Å²) < 4.78 is 5.11. The van der Waals surface area contributed by atoms with Gasteiger partial charge in [-0.3, -0.25) is 14.4 Å². The number of anilines is 1. The molecule has 2 aromatic carbocycles. The summed E-state index contributed by atoms with van der Waals surface area (Å²) in [5.74, 6) is -1.26. The molecule has 9 heteroatoms. The number of furan rings is 1. The molecule has 2 N–H and O–H groups in total. The van der Waals surface area contributed by atoms with Gasteiger partial charge in [-0.25, -0.2) is 0 Å². The van der Waals surface area contributed by atoms with Crippen LogP contribution in [0.4, 0.5) is 5.69 Å². The Kier molecular flexibility index (Phi) is 7.92. The zero-order valence-corrected chi connectivity index (χ0v) is 18.7. The van der Waals surface area contributed by atoms with E-state index in [9.17, 15) is 14.4 Å². The third kappa shape index (κ3) is 6.35. The molecule has 166 valence electrons. The van der Waals surface area contributed by atoms with Crippen molar-refractivity contribution in [1.29, 1.82) is 0 Å². The summed E-state index contributed by atoms with van der Waals surface area (Å²) in [6.45, 7) is -0.221. The Labute approximate surface area is 195 Å². The highest BCUT2D eigenvalue weighted by Gasteiger charge is 2.26.